The fourth-order valence-electron chi connectivity index (χ4n) is 2.47. The van der Waals surface area contributed by atoms with E-state index in [4.69, 9.17) is 4.74 Å². The molecule has 0 aliphatic heterocycles. The molecule has 0 radical (unpaired) electrons. The maximum absolute atomic E-state index is 13.0. The van der Waals surface area contributed by atoms with Crippen molar-refractivity contribution in [1.82, 2.24) is 9.59 Å². The van der Waals surface area contributed by atoms with Gasteiger partial charge in [0.15, 0.2) is 0 Å². The van der Waals surface area contributed by atoms with Crippen LogP contribution in [0.2, 0.25) is 0 Å². The van der Waals surface area contributed by atoms with Crippen LogP contribution in [0, 0.1) is 13.8 Å². The molecule has 0 saturated carbocycles. The molecule has 0 bridgehead atoms. The molecule has 0 aliphatic carbocycles. The molecule has 25 heavy (non-hydrogen) atoms. The Morgan fingerprint density at radius 3 is 2.44 bits per heavy atom. The maximum Gasteiger partial charge on any atom is 0.272 e. The largest absolute Gasteiger partial charge is 0.497 e. The Morgan fingerprint density at radius 2 is 1.80 bits per heavy atom. The average Bonchev–Trinajstić information content (AvgIpc) is 3.12. The van der Waals surface area contributed by atoms with Crippen molar-refractivity contribution in [2.75, 3.05) is 19.1 Å². The van der Waals surface area contributed by atoms with E-state index < -0.39 is 0 Å². The summed E-state index contributed by atoms with van der Waals surface area (Å²) in [5, 5.41) is 4.15. The van der Waals surface area contributed by atoms with Crippen molar-refractivity contribution in [3.8, 4) is 17.0 Å². The van der Waals surface area contributed by atoms with Crippen LogP contribution in [-0.4, -0.2) is 29.7 Å². The number of amides is 1. The van der Waals surface area contributed by atoms with Gasteiger partial charge in [0.1, 0.15) is 16.3 Å². The van der Waals surface area contributed by atoms with Crippen molar-refractivity contribution < 1.29 is 9.53 Å². The average molecular weight is 353 g/mol. The highest BCUT2D eigenvalue weighted by Crippen LogP contribution is 2.28. The molecule has 0 fully saturated rings. The molecule has 0 unspecified atom stereocenters. The van der Waals surface area contributed by atoms with Gasteiger partial charge in [0.25, 0.3) is 5.91 Å². The van der Waals surface area contributed by atoms with Gasteiger partial charge in [-0.1, -0.05) is 10.6 Å². The second-order valence-corrected chi connectivity index (χ2v) is 6.57. The first kappa shape index (κ1) is 17.1. The third kappa shape index (κ3) is 3.39. The molecule has 0 saturated heterocycles. The lowest BCUT2D eigenvalue weighted by atomic mass is 10.1. The summed E-state index contributed by atoms with van der Waals surface area (Å²) in [5.41, 5.74) is 4.62. The molecule has 5 nitrogen and oxygen atoms in total. The first-order valence-corrected chi connectivity index (χ1v) is 8.60. The zero-order valence-corrected chi connectivity index (χ0v) is 15.4. The van der Waals surface area contributed by atoms with Crippen molar-refractivity contribution in [1.29, 1.82) is 0 Å². The van der Waals surface area contributed by atoms with E-state index in [0.29, 0.717) is 10.6 Å². The fourth-order valence-corrected chi connectivity index (χ4v) is 3.14. The van der Waals surface area contributed by atoms with E-state index in [-0.39, 0.29) is 5.91 Å². The molecule has 0 N–H and O–H groups in total. The number of anilines is 1. The highest BCUT2D eigenvalue weighted by Gasteiger charge is 2.22. The van der Waals surface area contributed by atoms with Crippen LogP contribution >= 0.6 is 11.5 Å². The van der Waals surface area contributed by atoms with Gasteiger partial charge in [-0.2, -0.15) is 0 Å². The van der Waals surface area contributed by atoms with Gasteiger partial charge in [0.05, 0.1) is 7.11 Å². The summed E-state index contributed by atoms with van der Waals surface area (Å²) >= 11 is 1.11. The summed E-state index contributed by atoms with van der Waals surface area (Å²) in [6, 6.07) is 13.4. The summed E-state index contributed by atoms with van der Waals surface area (Å²) in [6.07, 6.45) is 0. The first-order valence-electron chi connectivity index (χ1n) is 7.83. The summed E-state index contributed by atoms with van der Waals surface area (Å²) in [6.45, 7) is 4.09. The molecule has 0 spiro atoms. The predicted octanol–water partition coefficient (Wildman–Crippen LogP) is 4.11. The number of nitrogens with zero attached hydrogens (tertiary/aromatic N) is 3. The highest BCUT2D eigenvalue weighted by molar-refractivity contribution is 7.08. The number of methoxy groups -OCH3 is 1. The lowest BCUT2D eigenvalue weighted by molar-refractivity contribution is 0.0997. The van der Waals surface area contributed by atoms with Gasteiger partial charge in [-0.25, -0.2) is 0 Å². The Labute approximate surface area is 151 Å². The third-order valence-electron chi connectivity index (χ3n) is 4.23. The zero-order chi connectivity index (χ0) is 18.0. The normalized spacial score (nSPS) is 10.6. The Balaban J connectivity index is 1.92. The van der Waals surface area contributed by atoms with Crippen LogP contribution in [0.3, 0.4) is 0 Å². The second-order valence-electron chi connectivity index (χ2n) is 5.81. The molecule has 1 amide bonds. The standard InChI is InChI=1S/C19H19N3O2S/c1-12-5-8-15(11-13(12)2)22(3)19(23)18-17(20-21-25-18)14-6-9-16(24-4)10-7-14/h5-11H,1-4H3. The minimum atomic E-state index is -0.121. The van der Waals surface area contributed by atoms with Gasteiger partial charge in [-0.15, -0.1) is 5.10 Å². The van der Waals surface area contributed by atoms with E-state index in [1.807, 2.05) is 49.4 Å². The second kappa shape index (κ2) is 7.03. The van der Waals surface area contributed by atoms with Crippen molar-refractivity contribution in [2.24, 2.45) is 0 Å². The van der Waals surface area contributed by atoms with Crippen LogP contribution in [0.1, 0.15) is 20.8 Å². The molecule has 2 aromatic carbocycles. The van der Waals surface area contributed by atoms with Crippen molar-refractivity contribution in [3.63, 3.8) is 0 Å². The molecule has 1 aromatic heterocycles. The first-order chi connectivity index (χ1) is 12.0. The van der Waals surface area contributed by atoms with Crippen LogP contribution in [0.25, 0.3) is 11.3 Å². The van der Waals surface area contributed by atoms with Crippen LogP contribution in [0.5, 0.6) is 5.75 Å². The molecule has 1 heterocycles. The van der Waals surface area contributed by atoms with Crippen LogP contribution in [-0.2, 0) is 0 Å². The van der Waals surface area contributed by atoms with Gasteiger partial charge in [0, 0.05) is 18.3 Å². The van der Waals surface area contributed by atoms with Gasteiger partial charge < -0.3 is 9.64 Å². The molecule has 0 atom stereocenters. The number of hydrogen-bond acceptors (Lipinski definition) is 5. The minimum absolute atomic E-state index is 0.121. The molecule has 3 aromatic rings. The summed E-state index contributed by atoms with van der Waals surface area (Å²) in [4.78, 5) is 15.1. The summed E-state index contributed by atoms with van der Waals surface area (Å²) < 4.78 is 9.16. The van der Waals surface area contributed by atoms with Crippen LogP contribution in [0.15, 0.2) is 42.5 Å². The Morgan fingerprint density at radius 1 is 1.08 bits per heavy atom. The van der Waals surface area contributed by atoms with Crippen LogP contribution < -0.4 is 9.64 Å². The van der Waals surface area contributed by atoms with E-state index in [2.05, 4.69) is 16.5 Å². The van der Waals surface area contributed by atoms with E-state index in [1.165, 1.54) is 5.56 Å². The number of hydrogen-bond donors (Lipinski definition) is 0. The van der Waals surface area contributed by atoms with Gasteiger partial charge in [0.2, 0.25) is 0 Å². The van der Waals surface area contributed by atoms with E-state index >= 15 is 0 Å². The van der Waals surface area contributed by atoms with Crippen molar-refractivity contribution >= 4 is 23.1 Å². The lowest BCUT2D eigenvalue weighted by Crippen LogP contribution is -2.26. The molecule has 6 heteroatoms. The molecule has 0 aliphatic rings. The summed E-state index contributed by atoms with van der Waals surface area (Å²) in [5.74, 6) is 0.635. The van der Waals surface area contributed by atoms with Crippen molar-refractivity contribution in [3.05, 3.63) is 58.5 Å². The number of rotatable bonds is 4. The number of aromatic nitrogens is 2. The Hall–Kier alpha value is -2.73. The van der Waals surface area contributed by atoms with Gasteiger partial charge >= 0.3 is 0 Å². The number of carbonyl (C=O) groups is 1. The summed E-state index contributed by atoms with van der Waals surface area (Å²) in [7, 11) is 3.39. The highest BCUT2D eigenvalue weighted by atomic mass is 32.1. The zero-order valence-electron chi connectivity index (χ0n) is 14.6. The van der Waals surface area contributed by atoms with Crippen LogP contribution in [0.4, 0.5) is 5.69 Å². The molecular formula is C19H19N3O2S. The number of carbonyl (C=O) groups excluding carboxylic acids is 1. The van der Waals surface area contributed by atoms with Gasteiger partial charge in [-0.05, 0) is 72.9 Å². The predicted molar refractivity (Wildman–Crippen MR) is 101 cm³/mol. The SMILES string of the molecule is COc1ccc(-c2nnsc2C(=O)N(C)c2ccc(C)c(C)c2)cc1. The number of ether oxygens (including phenoxy) is 1. The number of benzene rings is 2. The Bertz CT molecular complexity index is 903. The molecular weight excluding hydrogens is 334 g/mol. The third-order valence-corrected chi connectivity index (χ3v) is 4.94. The molecule has 3 rings (SSSR count). The molecule has 128 valence electrons. The maximum atomic E-state index is 13.0. The lowest BCUT2D eigenvalue weighted by Gasteiger charge is -2.18. The van der Waals surface area contributed by atoms with E-state index in [1.54, 1.807) is 19.1 Å². The number of aryl methyl sites for hydroxylation is 2. The monoisotopic (exact) mass is 353 g/mol. The van der Waals surface area contributed by atoms with Crippen molar-refractivity contribution in [2.45, 2.75) is 13.8 Å². The minimum Gasteiger partial charge on any atom is -0.497 e. The fraction of sp³-hybridized carbons (Fsp3) is 0.211. The Kier molecular flexibility index (Phi) is 4.81. The quantitative estimate of drug-likeness (QED) is 0.708. The topological polar surface area (TPSA) is 55.3 Å². The van der Waals surface area contributed by atoms with Gasteiger partial charge in [-0.3, -0.25) is 4.79 Å². The smallest absolute Gasteiger partial charge is 0.272 e. The van der Waals surface area contributed by atoms with E-state index in [9.17, 15) is 4.79 Å². The van der Waals surface area contributed by atoms with E-state index in [0.717, 1.165) is 34.1 Å².